The van der Waals surface area contributed by atoms with Crippen LogP contribution in [0.3, 0.4) is 0 Å². The summed E-state index contributed by atoms with van der Waals surface area (Å²) in [6, 6.07) is 12.9. The van der Waals surface area contributed by atoms with Gasteiger partial charge < -0.3 is 19.1 Å². The molecule has 0 spiro atoms. The van der Waals surface area contributed by atoms with E-state index in [1.54, 1.807) is 24.3 Å². The number of rotatable bonds is 8. The fourth-order valence-corrected chi connectivity index (χ4v) is 4.24. The van der Waals surface area contributed by atoms with Gasteiger partial charge in [0, 0.05) is 19.8 Å². The summed E-state index contributed by atoms with van der Waals surface area (Å²) in [6.07, 6.45) is 1.76. The first kappa shape index (κ1) is 23.6. The van der Waals surface area contributed by atoms with Crippen LogP contribution >= 0.6 is 24.0 Å². The molecular formula is C23H24N2O5S2. The number of carbonyl (C=O) groups excluding carboxylic acids is 2. The van der Waals surface area contributed by atoms with Gasteiger partial charge in [0.2, 0.25) is 0 Å². The van der Waals surface area contributed by atoms with Crippen LogP contribution in [0, 0.1) is 0 Å². The van der Waals surface area contributed by atoms with Crippen LogP contribution in [0.25, 0.3) is 6.08 Å². The van der Waals surface area contributed by atoms with Crippen LogP contribution in [0.2, 0.25) is 0 Å². The summed E-state index contributed by atoms with van der Waals surface area (Å²) < 4.78 is 16.2. The smallest absolute Gasteiger partial charge is 0.343 e. The molecule has 2 aromatic carbocycles. The lowest BCUT2D eigenvalue weighted by atomic mass is 10.1. The van der Waals surface area contributed by atoms with Gasteiger partial charge in [-0.1, -0.05) is 30.0 Å². The van der Waals surface area contributed by atoms with E-state index in [0.29, 0.717) is 27.3 Å². The Balaban J connectivity index is 1.83. The molecule has 0 aliphatic carbocycles. The number of methoxy groups -OCH3 is 1. The lowest BCUT2D eigenvalue weighted by Crippen LogP contribution is -2.27. The molecule has 0 unspecified atom stereocenters. The zero-order valence-corrected chi connectivity index (χ0v) is 19.9. The van der Waals surface area contributed by atoms with Crippen molar-refractivity contribution in [2.75, 3.05) is 44.2 Å². The van der Waals surface area contributed by atoms with Crippen LogP contribution in [0.1, 0.15) is 12.5 Å². The van der Waals surface area contributed by atoms with Crippen LogP contribution in [0.5, 0.6) is 11.5 Å². The zero-order chi connectivity index (χ0) is 23.3. The van der Waals surface area contributed by atoms with Crippen molar-refractivity contribution in [3.8, 4) is 11.5 Å². The fraction of sp³-hybridized carbons (Fsp3) is 0.261. The molecule has 3 rings (SSSR count). The highest BCUT2D eigenvalue weighted by atomic mass is 32.2. The van der Waals surface area contributed by atoms with Gasteiger partial charge in [-0.05, 0) is 55.0 Å². The third kappa shape index (κ3) is 5.41. The SMILES string of the molecule is CCOc1cc(C=C2SC(=S)N(c3ccc(N(C)C)cc3)C2=O)ccc1OCC(=O)OC. The molecule has 168 valence electrons. The topological polar surface area (TPSA) is 68.3 Å². The molecule has 7 nitrogen and oxygen atoms in total. The highest BCUT2D eigenvalue weighted by Gasteiger charge is 2.33. The summed E-state index contributed by atoms with van der Waals surface area (Å²) in [5, 5.41) is 0. The molecule has 32 heavy (non-hydrogen) atoms. The number of thioether (sulfide) groups is 1. The molecule has 0 radical (unpaired) electrons. The first-order valence-electron chi connectivity index (χ1n) is 9.85. The summed E-state index contributed by atoms with van der Waals surface area (Å²) >= 11 is 6.71. The predicted octanol–water partition coefficient (Wildman–Crippen LogP) is 4.11. The molecule has 0 aromatic heterocycles. The van der Waals surface area contributed by atoms with Crippen LogP contribution in [0.4, 0.5) is 11.4 Å². The van der Waals surface area contributed by atoms with Crippen LogP contribution in [-0.4, -0.2) is 50.6 Å². The second kappa shape index (κ2) is 10.5. The summed E-state index contributed by atoms with van der Waals surface area (Å²) in [5.41, 5.74) is 2.51. The monoisotopic (exact) mass is 472 g/mol. The number of hydrogen-bond donors (Lipinski definition) is 0. The Kier molecular flexibility index (Phi) is 7.76. The number of hydrogen-bond acceptors (Lipinski definition) is 8. The number of esters is 1. The average Bonchev–Trinajstić information content (AvgIpc) is 3.05. The van der Waals surface area contributed by atoms with Crippen molar-refractivity contribution in [3.05, 3.63) is 52.9 Å². The Morgan fingerprint density at radius 2 is 1.84 bits per heavy atom. The van der Waals surface area contributed by atoms with E-state index >= 15 is 0 Å². The zero-order valence-electron chi connectivity index (χ0n) is 18.3. The number of ether oxygens (including phenoxy) is 3. The standard InChI is InChI=1S/C23H24N2O5S2/c1-5-29-19-12-15(6-11-18(19)30-14-21(26)28-4)13-20-22(27)25(23(31)32-20)17-9-7-16(8-10-17)24(2)3/h6-13H,5,14H2,1-4H3. The number of nitrogens with zero attached hydrogens (tertiary/aromatic N) is 2. The highest BCUT2D eigenvalue weighted by molar-refractivity contribution is 8.27. The van der Waals surface area contributed by atoms with Crippen LogP contribution in [0.15, 0.2) is 47.4 Å². The lowest BCUT2D eigenvalue weighted by molar-refractivity contribution is -0.142. The molecule has 0 atom stereocenters. The van der Waals surface area contributed by atoms with Gasteiger partial charge in [0.05, 0.1) is 24.3 Å². The maximum absolute atomic E-state index is 13.1. The second-order valence-corrected chi connectivity index (χ2v) is 8.61. The number of thiocarbonyl (C=S) groups is 1. The normalized spacial score (nSPS) is 14.6. The first-order chi connectivity index (χ1) is 15.3. The second-order valence-electron chi connectivity index (χ2n) is 6.93. The molecular weight excluding hydrogens is 448 g/mol. The van der Waals surface area contributed by atoms with Gasteiger partial charge in [-0.25, -0.2) is 4.79 Å². The van der Waals surface area contributed by atoms with Crippen molar-refractivity contribution >= 4 is 57.6 Å². The highest BCUT2D eigenvalue weighted by Crippen LogP contribution is 2.37. The Morgan fingerprint density at radius 1 is 1.12 bits per heavy atom. The molecule has 0 bridgehead atoms. The Bertz CT molecular complexity index is 1050. The van der Waals surface area contributed by atoms with Gasteiger partial charge in [-0.2, -0.15) is 0 Å². The van der Waals surface area contributed by atoms with E-state index in [0.717, 1.165) is 16.9 Å². The summed E-state index contributed by atoms with van der Waals surface area (Å²) in [5.74, 6) is 0.225. The van der Waals surface area contributed by atoms with Crippen molar-refractivity contribution in [1.82, 2.24) is 0 Å². The number of anilines is 2. The third-order valence-corrected chi connectivity index (χ3v) is 5.86. The van der Waals surface area contributed by atoms with Gasteiger partial charge in [-0.3, -0.25) is 9.69 Å². The molecule has 1 heterocycles. The largest absolute Gasteiger partial charge is 0.490 e. The maximum Gasteiger partial charge on any atom is 0.343 e. The van der Waals surface area contributed by atoms with Crippen LogP contribution < -0.4 is 19.3 Å². The lowest BCUT2D eigenvalue weighted by Gasteiger charge is -2.17. The maximum atomic E-state index is 13.1. The quantitative estimate of drug-likeness (QED) is 0.323. The first-order valence-corrected chi connectivity index (χ1v) is 11.1. The number of carbonyl (C=O) groups is 2. The summed E-state index contributed by atoms with van der Waals surface area (Å²) in [6.45, 7) is 2.05. The van der Waals surface area contributed by atoms with E-state index in [4.69, 9.17) is 21.7 Å². The molecule has 1 aliphatic rings. The molecule has 0 N–H and O–H groups in total. The van der Waals surface area contributed by atoms with Crippen LogP contribution in [-0.2, 0) is 14.3 Å². The molecule has 1 amide bonds. The number of amides is 1. The Hall–Kier alpha value is -3.04. The minimum Gasteiger partial charge on any atom is -0.490 e. The van der Waals surface area contributed by atoms with Gasteiger partial charge >= 0.3 is 5.97 Å². The van der Waals surface area contributed by atoms with Gasteiger partial charge in [0.25, 0.3) is 5.91 Å². The van der Waals surface area contributed by atoms with Crippen molar-refractivity contribution < 1.29 is 23.8 Å². The minimum atomic E-state index is -0.487. The van der Waals surface area contributed by atoms with Gasteiger partial charge in [-0.15, -0.1) is 0 Å². The van der Waals surface area contributed by atoms with Gasteiger partial charge in [0.15, 0.2) is 22.4 Å². The summed E-state index contributed by atoms with van der Waals surface area (Å²) in [7, 11) is 5.21. The predicted molar refractivity (Wildman–Crippen MR) is 132 cm³/mol. The van der Waals surface area contributed by atoms with Crippen molar-refractivity contribution in [1.29, 1.82) is 0 Å². The van der Waals surface area contributed by atoms with Gasteiger partial charge in [0.1, 0.15) is 0 Å². The van der Waals surface area contributed by atoms with E-state index in [2.05, 4.69) is 4.74 Å². The molecule has 1 aliphatic heterocycles. The van der Waals surface area contributed by atoms with E-state index in [1.807, 2.05) is 50.2 Å². The molecule has 1 saturated heterocycles. The van der Waals surface area contributed by atoms with E-state index in [-0.39, 0.29) is 12.5 Å². The van der Waals surface area contributed by atoms with Crippen molar-refractivity contribution in [2.45, 2.75) is 6.92 Å². The fourth-order valence-electron chi connectivity index (χ4n) is 2.94. The molecule has 1 fully saturated rings. The molecule has 2 aromatic rings. The number of benzene rings is 2. The Morgan fingerprint density at radius 3 is 2.47 bits per heavy atom. The average molecular weight is 473 g/mol. The van der Waals surface area contributed by atoms with Crippen molar-refractivity contribution in [2.24, 2.45) is 0 Å². The molecule has 9 heteroatoms. The third-order valence-electron chi connectivity index (χ3n) is 4.56. The minimum absolute atomic E-state index is 0.179. The van der Waals surface area contributed by atoms with Crippen molar-refractivity contribution in [3.63, 3.8) is 0 Å². The van der Waals surface area contributed by atoms with E-state index < -0.39 is 5.97 Å². The Labute approximate surface area is 196 Å². The summed E-state index contributed by atoms with van der Waals surface area (Å²) in [4.78, 5) is 28.5. The van der Waals surface area contributed by atoms with E-state index in [1.165, 1.54) is 23.8 Å². The van der Waals surface area contributed by atoms with E-state index in [9.17, 15) is 9.59 Å². The molecule has 0 saturated carbocycles.